The number of amides is 1. The van der Waals surface area contributed by atoms with Crippen LogP contribution in [0.1, 0.15) is 48.8 Å². The van der Waals surface area contributed by atoms with Crippen LogP contribution in [0.3, 0.4) is 0 Å². The molecular weight excluding hydrogens is 529 g/mol. The van der Waals surface area contributed by atoms with E-state index in [0.29, 0.717) is 11.4 Å². The minimum absolute atomic E-state index is 0.0621. The molecule has 0 bridgehead atoms. The lowest BCUT2D eigenvalue weighted by molar-refractivity contribution is -0.141. The molecule has 0 spiro atoms. The summed E-state index contributed by atoms with van der Waals surface area (Å²) in [6.45, 7) is 1.79. The first-order valence-electron chi connectivity index (χ1n) is 11.2. The highest BCUT2D eigenvalue weighted by molar-refractivity contribution is 9.10. The number of nitrogens with one attached hydrogen (secondary N) is 3. The fourth-order valence-corrected chi connectivity index (χ4v) is 5.27. The quantitative estimate of drug-likeness (QED) is 0.531. The van der Waals surface area contributed by atoms with Crippen LogP contribution in [0.25, 0.3) is 0 Å². The first-order chi connectivity index (χ1) is 16.7. The standard InChI is InChI=1S/C22H22BrF3N8O/c1-10(11-2-5-16(28-7-11)22(24,25)26)34-20-17(15(6-27)33-34)21(35)32-19(31-20)14-4-3-13(14)18-29-8-12(23)9-30-18/h2,5,7-10,13-15,17,19-20,31,33H,3-4H2,1H3,(H,32,35)/t10-,13?,14?,15?,17?,19?,20?/m0/s1. The molecule has 6 unspecified atom stereocenters. The van der Waals surface area contributed by atoms with Crippen molar-refractivity contribution < 1.29 is 18.0 Å². The van der Waals surface area contributed by atoms with Crippen LogP contribution < -0.4 is 16.1 Å². The number of hydrogen-bond donors (Lipinski definition) is 3. The molecule has 2 aromatic heterocycles. The number of aromatic nitrogens is 3. The van der Waals surface area contributed by atoms with Gasteiger partial charge in [-0.1, -0.05) is 6.07 Å². The van der Waals surface area contributed by atoms with E-state index in [2.05, 4.69) is 53.0 Å². The summed E-state index contributed by atoms with van der Waals surface area (Å²) in [7, 11) is 0. The van der Waals surface area contributed by atoms with Crippen LogP contribution in [0.4, 0.5) is 13.2 Å². The predicted octanol–water partition coefficient (Wildman–Crippen LogP) is 2.61. The van der Waals surface area contributed by atoms with Gasteiger partial charge >= 0.3 is 6.18 Å². The molecule has 7 atom stereocenters. The summed E-state index contributed by atoms with van der Waals surface area (Å²) in [5.74, 6) is -0.0947. The Kier molecular flexibility index (Phi) is 6.25. The number of halogens is 4. The van der Waals surface area contributed by atoms with E-state index in [-0.39, 0.29) is 23.9 Å². The van der Waals surface area contributed by atoms with Crippen molar-refractivity contribution in [3.63, 3.8) is 0 Å². The number of hydrogen-bond acceptors (Lipinski definition) is 8. The minimum atomic E-state index is -4.53. The number of rotatable bonds is 4. The van der Waals surface area contributed by atoms with Crippen LogP contribution in [-0.2, 0) is 11.0 Å². The Hall–Kier alpha value is -2.66. The Balaban J connectivity index is 1.37. The lowest BCUT2D eigenvalue weighted by atomic mass is 9.70. The maximum Gasteiger partial charge on any atom is 0.433 e. The summed E-state index contributed by atoms with van der Waals surface area (Å²) in [5, 5.41) is 17.9. The summed E-state index contributed by atoms with van der Waals surface area (Å²) >= 11 is 3.34. The van der Waals surface area contributed by atoms with Crippen LogP contribution in [0, 0.1) is 23.2 Å². The molecule has 3 N–H and O–H groups in total. The molecule has 3 aliphatic rings. The van der Waals surface area contributed by atoms with Gasteiger partial charge in [0.15, 0.2) is 0 Å². The molecule has 9 nitrogen and oxygen atoms in total. The fraction of sp³-hybridized carbons (Fsp3) is 0.500. The average Bonchev–Trinajstić information content (AvgIpc) is 3.18. The van der Waals surface area contributed by atoms with Gasteiger partial charge in [-0.3, -0.25) is 15.1 Å². The Bertz CT molecular complexity index is 1140. The first kappa shape index (κ1) is 24.1. The number of carbonyl (C=O) groups is 1. The first-order valence-corrected chi connectivity index (χ1v) is 12.0. The maximum absolute atomic E-state index is 13.1. The molecule has 2 saturated heterocycles. The number of nitriles is 1. The number of alkyl halides is 3. The van der Waals surface area contributed by atoms with Crippen molar-refractivity contribution in [2.45, 2.75) is 56.3 Å². The summed E-state index contributed by atoms with van der Waals surface area (Å²) in [5.41, 5.74) is 2.62. The number of fused-ring (bicyclic) bond motifs is 1. The SMILES string of the molecule is C[C@@H](c1ccc(C(F)(F)F)nc1)N1NC(C#N)C2C(=O)NC(C3CCC3c3ncc(Br)cn3)NC21. The Morgan fingerprint density at radius 3 is 2.51 bits per heavy atom. The highest BCUT2D eigenvalue weighted by Crippen LogP contribution is 2.44. The lowest BCUT2D eigenvalue weighted by Gasteiger charge is -2.47. The van der Waals surface area contributed by atoms with Crippen molar-refractivity contribution in [1.29, 1.82) is 5.26 Å². The molecule has 184 valence electrons. The van der Waals surface area contributed by atoms with Gasteiger partial charge in [0, 0.05) is 36.5 Å². The Labute approximate surface area is 207 Å². The van der Waals surface area contributed by atoms with E-state index in [0.717, 1.165) is 23.4 Å². The van der Waals surface area contributed by atoms with Gasteiger partial charge in [-0.05, 0) is 47.3 Å². The molecule has 2 aliphatic heterocycles. The van der Waals surface area contributed by atoms with E-state index in [1.807, 2.05) is 0 Å². The predicted molar refractivity (Wildman–Crippen MR) is 120 cm³/mol. The normalized spacial score (nSPS) is 31.7. The molecule has 3 fully saturated rings. The minimum Gasteiger partial charge on any atom is -0.340 e. The summed E-state index contributed by atoms with van der Waals surface area (Å²) < 4.78 is 39.6. The second kappa shape index (κ2) is 9.09. The van der Waals surface area contributed by atoms with E-state index in [1.54, 1.807) is 24.3 Å². The van der Waals surface area contributed by atoms with Gasteiger partial charge in [-0.25, -0.2) is 20.4 Å². The maximum atomic E-state index is 13.1. The van der Waals surface area contributed by atoms with Gasteiger partial charge in [0.05, 0.1) is 28.8 Å². The molecule has 1 saturated carbocycles. The molecule has 0 aromatic carbocycles. The molecule has 1 aliphatic carbocycles. The summed E-state index contributed by atoms with van der Waals surface area (Å²) in [6.07, 6.45) is 0.895. The average molecular weight is 551 g/mol. The third kappa shape index (κ3) is 4.40. The smallest absolute Gasteiger partial charge is 0.340 e. The largest absolute Gasteiger partial charge is 0.433 e. The highest BCUT2D eigenvalue weighted by Gasteiger charge is 2.54. The molecule has 1 amide bonds. The van der Waals surface area contributed by atoms with Gasteiger partial charge in [-0.2, -0.15) is 18.4 Å². The van der Waals surface area contributed by atoms with Crippen LogP contribution in [-0.4, -0.2) is 44.2 Å². The second-order valence-electron chi connectivity index (χ2n) is 9.02. The van der Waals surface area contributed by atoms with E-state index in [9.17, 15) is 23.2 Å². The van der Waals surface area contributed by atoms with Crippen LogP contribution >= 0.6 is 15.9 Å². The van der Waals surface area contributed by atoms with Crippen molar-refractivity contribution in [2.24, 2.45) is 11.8 Å². The number of nitrogens with zero attached hydrogens (tertiary/aromatic N) is 5. The molecule has 0 radical (unpaired) electrons. The van der Waals surface area contributed by atoms with Gasteiger partial charge in [-0.15, -0.1) is 0 Å². The van der Waals surface area contributed by atoms with Crippen molar-refractivity contribution in [3.05, 3.63) is 52.3 Å². The number of carbonyl (C=O) groups excluding carboxylic acids is 1. The fourth-order valence-electron chi connectivity index (χ4n) is 5.06. The van der Waals surface area contributed by atoms with Gasteiger partial charge in [0.2, 0.25) is 5.91 Å². The lowest BCUT2D eigenvalue weighted by Crippen LogP contribution is -2.68. The Morgan fingerprint density at radius 2 is 1.94 bits per heavy atom. The molecule has 4 heterocycles. The zero-order valence-electron chi connectivity index (χ0n) is 18.5. The van der Waals surface area contributed by atoms with E-state index in [1.165, 1.54) is 12.3 Å². The monoisotopic (exact) mass is 550 g/mol. The second-order valence-corrected chi connectivity index (χ2v) is 9.94. The van der Waals surface area contributed by atoms with Crippen molar-refractivity contribution in [2.75, 3.05) is 0 Å². The van der Waals surface area contributed by atoms with E-state index >= 15 is 0 Å². The third-order valence-electron chi connectivity index (χ3n) is 7.08. The van der Waals surface area contributed by atoms with Crippen molar-refractivity contribution >= 4 is 21.8 Å². The molecule has 2 aromatic rings. The van der Waals surface area contributed by atoms with Crippen molar-refractivity contribution in [1.82, 2.24) is 36.0 Å². The number of hydrazine groups is 1. The zero-order chi connectivity index (χ0) is 24.9. The van der Waals surface area contributed by atoms with Crippen LogP contribution in [0.5, 0.6) is 0 Å². The molecule has 35 heavy (non-hydrogen) atoms. The van der Waals surface area contributed by atoms with Gasteiger partial charge in [0.25, 0.3) is 0 Å². The van der Waals surface area contributed by atoms with E-state index in [4.69, 9.17) is 0 Å². The third-order valence-corrected chi connectivity index (χ3v) is 7.49. The molecule has 5 rings (SSSR count). The number of pyridine rings is 1. The molecular formula is C22H22BrF3N8O. The van der Waals surface area contributed by atoms with Crippen LogP contribution in [0.15, 0.2) is 35.2 Å². The van der Waals surface area contributed by atoms with E-state index < -0.39 is 36.0 Å². The summed E-state index contributed by atoms with van der Waals surface area (Å²) in [6, 6.07) is 3.18. The topological polar surface area (TPSA) is 119 Å². The van der Waals surface area contributed by atoms with Gasteiger partial charge in [0.1, 0.15) is 17.6 Å². The van der Waals surface area contributed by atoms with Crippen LogP contribution in [0.2, 0.25) is 0 Å². The zero-order valence-corrected chi connectivity index (χ0v) is 20.1. The molecule has 13 heteroatoms. The van der Waals surface area contributed by atoms with Gasteiger partial charge < -0.3 is 5.32 Å². The van der Waals surface area contributed by atoms with Crippen molar-refractivity contribution in [3.8, 4) is 6.07 Å². The highest BCUT2D eigenvalue weighted by atomic mass is 79.9. The summed E-state index contributed by atoms with van der Waals surface area (Å²) in [4.78, 5) is 25.5. The Morgan fingerprint density at radius 1 is 1.20 bits per heavy atom.